The van der Waals surface area contributed by atoms with E-state index in [9.17, 15) is 9.59 Å². The lowest BCUT2D eigenvalue weighted by Crippen LogP contribution is -2.20. The minimum Gasteiger partial charge on any atom is -0.463 e. The van der Waals surface area contributed by atoms with Crippen molar-refractivity contribution < 1.29 is 14.3 Å². The molecule has 1 rings (SSSR count). The number of methoxy groups -OCH3 is 1. The number of hydrogen-bond donors (Lipinski definition) is 0. The molecule has 0 fully saturated rings. The molecule has 0 spiro atoms. The maximum Gasteiger partial charge on any atom is 0.376 e. The Morgan fingerprint density at radius 2 is 2.07 bits per heavy atom. The number of hydrogen-bond acceptors (Lipinski definition) is 3. The van der Waals surface area contributed by atoms with E-state index in [0.717, 1.165) is 12.7 Å². The first kappa shape index (κ1) is 11.7. The number of carbonyl (C=O) groups excluding carboxylic acids is 2. The Labute approximate surface area is 93.0 Å². The number of ketones is 1. The van der Waals surface area contributed by atoms with Gasteiger partial charge in [0.25, 0.3) is 5.78 Å². The van der Waals surface area contributed by atoms with Crippen molar-refractivity contribution in [2.24, 2.45) is 0 Å². The summed E-state index contributed by atoms with van der Waals surface area (Å²) in [6.45, 7) is 1.88. The van der Waals surface area contributed by atoms with Crippen LogP contribution in [-0.2, 0) is 14.3 Å². The van der Waals surface area contributed by atoms with Crippen LogP contribution in [0.4, 0.5) is 0 Å². The van der Waals surface area contributed by atoms with Crippen LogP contribution in [0.15, 0.2) is 24.3 Å². The monoisotopic (exact) mass is 226 g/mol. The molecule has 80 valence electrons. The Morgan fingerprint density at radius 3 is 2.60 bits per heavy atom. The molecular weight excluding hydrogens is 216 g/mol. The van der Waals surface area contributed by atoms with Crippen LogP contribution in [-0.4, -0.2) is 18.9 Å². The lowest BCUT2D eigenvalue weighted by atomic mass is 10.1. The van der Waals surface area contributed by atoms with Crippen LogP contribution in [0.2, 0.25) is 0 Å². The summed E-state index contributed by atoms with van der Waals surface area (Å²) in [6, 6.07) is 7.13. The van der Waals surface area contributed by atoms with Crippen molar-refractivity contribution in [3.63, 3.8) is 0 Å². The fourth-order valence-electron chi connectivity index (χ4n) is 1.18. The van der Waals surface area contributed by atoms with Crippen LogP contribution < -0.4 is 0 Å². The zero-order valence-electron chi connectivity index (χ0n) is 8.49. The fourth-order valence-corrected chi connectivity index (χ4v) is 1.41. The summed E-state index contributed by atoms with van der Waals surface area (Å²) in [5, 5.41) is -0.975. The predicted octanol–water partition coefficient (Wildman–Crippen LogP) is 2.02. The second kappa shape index (κ2) is 4.94. The molecule has 15 heavy (non-hydrogen) atoms. The summed E-state index contributed by atoms with van der Waals surface area (Å²) in [5.74, 6) is -1.67. The highest BCUT2D eigenvalue weighted by Crippen LogP contribution is 2.22. The molecule has 0 aliphatic heterocycles. The van der Waals surface area contributed by atoms with Gasteiger partial charge >= 0.3 is 5.97 Å². The van der Waals surface area contributed by atoms with Crippen molar-refractivity contribution in [2.45, 2.75) is 12.3 Å². The average molecular weight is 227 g/mol. The predicted molar refractivity (Wildman–Crippen MR) is 56.8 cm³/mol. The Kier molecular flexibility index (Phi) is 3.86. The molecule has 0 N–H and O–H groups in total. The van der Waals surface area contributed by atoms with Crippen molar-refractivity contribution >= 4 is 23.4 Å². The molecule has 4 heteroatoms. The molecule has 1 atom stereocenters. The lowest BCUT2D eigenvalue weighted by Gasteiger charge is -2.07. The number of carbonyl (C=O) groups is 2. The molecule has 1 unspecified atom stereocenters. The van der Waals surface area contributed by atoms with E-state index in [0.29, 0.717) is 5.56 Å². The number of alkyl halides is 1. The van der Waals surface area contributed by atoms with Crippen molar-refractivity contribution in [3.05, 3.63) is 35.4 Å². The van der Waals surface area contributed by atoms with Gasteiger partial charge in [-0.15, -0.1) is 11.6 Å². The summed E-state index contributed by atoms with van der Waals surface area (Å²) in [4.78, 5) is 22.3. The number of benzene rings is 1. The van der Waals surface area contributed by atoms with Gasteiger partial charge in [-0.25, -0.2) is 4.79 Å². The summed E-state index contributed by atoms with van der Waals surface area (Å²) >= 11 is 5.85. The Bertz CT molecular complexity index is 387. The maximum atomic E-state index is 11.4. The fraction of sp³-hybridized carbons (Fsp3) is 0.273. The quantitative estimate of drug-likeness (QED) is 0.450. The molecule has 0 saturated heterocycles. The number of aryl methyl sites for hydroxylation is 1. The molecule has 0 amide bonds. The van der Waals surface area contributed by atoms with E-state index in [1.54, 1.807) is 18.2 Å². The van der Waals surface area contributed by atoms with E-state index >= 15 is 0 Å². The molecule has 0 aliphatic rings. The largest absolute Gasteiger partial charge is 0.463 e. The third-order valence-electron chi connectivity index (χ3n) is 1.95. The number of halogens is 1. The molecular formula is C11H11ClO3. The van der Waals surface area contributed by atoms with Gasteiger partial charge in [0.2, 0.25) is 0 Å². The average Bonchev–Trinajstić information content (AvgIpc) is 2.26. The molecule has 0 aliphatic carbocycles. The first-order valence-electron chi connectivity index (χ1n) is 4.39. The van der Waals surface area contributed by atoms with Crippen molar-refractivity contribution in [1.29, 1.82) is 0 Å². The van der Waals surface area contributed by atoms with Gasteiger partial charge in [0.1, 0.15) is 5.38 Å². The molecule has 0 saturated carbocycles. The second-order valence-electron chi connectivity index (χ2n) is 3.13. The van der Waals surface area contributed by atoms with Crippen molar-refractivity contribution in [1.82, 2.24) is 0 Å². The van der Waals surface area contributed by atoms with E-state index in [1.165, 1.54) is 0 Å². The van der Waals surface area contributed by atoms with E-state index in [-0.39, 0.29) is 0 Å². The molecule has 3 nitrogen and oxygen atoms in total. The van der Waals surface area contributed by atoms with Gasteiger partial charge in [-0.05, 0) is 12.5 Å². The Morgan fingerprint density at radius 1 is 1.40 bits per heavy atom. The molecule has 0 radical (unpaired) electrons. The topological polar surface area (TPSA) is 43.4 Å². The number of ether oxygens (including phenoxy) is 1. The van der Waals surface area contributed by atoms with Gasteiger partial charge in [-0.2, -0.15) is 0 Å². The van der Waals surface area contributed by atoms with Gasteiger partial charge in [0, 0.05) is 0 Å². The third kappa shape index (κ3) is 2.80. The SMILES string of the molecule is COC(=O)C(=O)C(Cl)c1cccc(C)c1. The minimum absolute atomic E-state index is 0.604. The first-order valence-corrected chi connectivity index (χ1v) is 4.82. The number of rotatable bonds is 3. The van der Waals surface area contributed by atoms with Crippen LogP contribution in [0.25, 0.3) is 0 Å². The summed E-state index contributed by atoms with van der Waals surface area (Å²) in [6.07, 6.45) is 0. The van der Waals surface area contributed by atoms with E-state index in [2.05, 4.69) is 4.74 Å². The second-order valence-corrected chi connectivity index (χ2v) is 3.57. The molecule has 0 aromatic heterocycles. The molecule has 0 bridgehead atoms. The van der Waals surface area contributed by atoms with Gasteiger partial charge in [0.15, 0.2) is 0 Å². The van der Waals surface area contributed by atoms with E-state index in [4.69, 9.17) is 11.6 Å². The minimum atomic E-state index is -0.975. The van der Waals surface area contributed by atoms with Crippen molar-refractivity contribution in [3.8, 4) is 0 Å². The maximum absolute atomic E-state index is 11.4. The van der Waals surface area contributed by atoms with Crippen LogP contribution in [0.1, 0.15) is 16.5 Å². The van der Waals surface area contributed by atoms with Gasteiger partial charge in [-0.1, -0.05) is 29.8 Å². The highest BCUT2D eigenvalue weighted by Gasteiger charge is 2.25. The van der Waals surface area contributed by atoms with Gasteiger partial charge in [0.05, 0.1) is 7.11 Å². The third-order valence-corrected chi connectivity index (χ3v) is 2.40. The zero-order chi connectivity index (χ0) is 11.4. The number of esters is 1. The molecule has 1 aromatic rings. The van der Waals surface area contributed by atoms with Gasteiger partial charge in [-0.3, -0.25) is 4.79 Å². The highest BCUT2D eigenvalue weighted by atomic mass is 35.5. The van der Waals surface area contributed by atoms with Gasteiger partial charge < -0.3 is 4.74 Å². The number of Topliss-reactive ketones (excluding diaryl/α,β-unsaturated/α-hetero) is 1. The Balaban J connectivity index is 2.89. The lowest BCUT2D eigenvalue weighted by molar-refractivity contribution is -0.151. The van der Waals surface area contributed by atoms with E-state index < -0.39 is 17.1 Å². The molecule has 0 heterocycles. The van der Waals surface area contributed by atoms with Crippen LogP contribution in [0.3, 0.4) is 0 Å². The molecule has 1 aromatic carbocycles. The van der Waals surface area contributed by atoms with Crippen molar-refractivity contribution in [2.75, 3.05) is 7.11 Å². The van der Waals surface area contributed by atoms with Crippen LogP contribution in [0, 0.1) is 6.92 Å². The smallest absolute Gasteiger partial charge is 0.376 e. The highest BCUT2D eigenvalue weighted by molar-refractivity contribution is 6.47. The zero-order valence-corrected chi connectivity index (χ0v) is 9.25. The summed E-state index contributed by atoms with van der Waals surface area (Å²) < 4.78 is 4.31. The summed E-state index contributed by atoms with van der Waals surface area (Å²) in [7, 11) is 1.15. The van der Waals surface area contributed by atoms with E-state index in [1.807, 2.05) is 13.0 Å². The Hall–Kier alpha value is -1.35. The normalized spacial score (nSPS) is 11.9. The summed E-state index contributed by atoms with van der Waals surface area (Å²) in [5.41, 5.74) is 1.59. The standard InChI is InChI=1S/C11H11ClO3/c1-7-4-3-5-8(6-7)9(12)10(13)11(14)15-2/h3-6,9H,1-2H3. The van der Waals surface area contributed by atoms with Crippen LogP contribution >= 0.6 is 11.6 Å². The van der Waals surface area contributed by atoms with Crippen LogP contribution in [0.5, 0.6) is 0 Å². The first-order chi connectivity index (χ1) is 7.06.